The summed E-state index contributed by atoms with van der Waals surface area (Å²) in [5.74, 6) is -3.91. The first kappa shape index (κ1) is 30.0. The van der Waals surface area contributed by atoms with Crippen molar-refractivity contribution in [2.75, 3.05) is 6.61 Å². The summed E-state index contributed by atoms with van der Waals surface area (Å²) in [5.41, 5.74) is -7.69. The normalized spacial score (nSPS) is 40.3. The van der Waals surface area contributed by atoms with Crippen LogP contribution in [0.25, 0.3) is 0 Å². The number of halogens is 2. The maximum Gasteiger partial charge on any atom is 0.509 e. The number of aliphatic hydroxyl groups excluding tert-OH is 1. The lowest BCUT2D eigenvalue weighted by atomic mass is 9.44. The third kappa shape index (κ3) is 4.05. The second-order valence-electron chi connectivity index (χ2n) is 12.4. The number of ketones is 2. The van der Waals surface area contributed by atoms with Crippen molar-refractivity contribution < 1.29 is 47.8 Å². The molecule has 12 heteroatoms. The Labute approximate surface area is 240 Å². The number of nitro groups is 1. The van der Waals surface area contributed by atoms with Crippen LogP contribution >= 0.6 is 0 Å². The number of hydrogen-bond donors (Lipinski definition) is 2. The molecule has 2 N–H and O–H groups in total. The van der Waals surface area contributed by atoms with E-state index in [4.69, 9.17) is 9.47 Å². The first-order valence-corrected chi connectivity index (χ1v) is 13.8. The highest BCUT2D eigenvalue weighted by Gasteiger charge is 2.76. The van der Waals surface area contributed by atoms with Crippen molar-refractivity contribution in [2.45, 2.75) is 70.2 Å². The van der Waals surface area contributed by atoms with E-state index in [1.165, 1.54) is 43.3 Å². The van der Waals surface area contributed by atoms with Crippen LogP contribution in [0.3, 0.4) is 0 Å². The molecule has 0 saturated heterocycles. The quantitative estimate of drug-likeness (QED) is 0.283. The molecule has 0 radical (unpaired) electrons. The zero-order valence-corrected chi connectivity index (χ0v) is 23.4. The lowest BCUT2D eigenvalue weighted by Gasteiger charge is -2.63. The minimum atomic E-state index is -2.36. The molecule has 1 unspecified atom stereocenters. The monoisotopic (exact) mass is 589 g/mol. The average molecular weight is 590 g/mol. The molecule has 0 aliphatic heterocycles. The van der Waals surface area contributed by atoms with E-state index in [2.05, 4.69) is 0 Å². The lowest BCUT2D eigenvalue weighted by molar-refractivity contribution is -0.385. The number of nitro benzene ring substituents is 1. The molecule has 4 aliphatic rings. The third-order valence-corrected chi connectivity index (χ3v) is 10.5. The Balaban J connectivity index is 1.35. The Bertz CT molecular complexity index is 1410. The molecule has 4 aliphatic carbocycles. The molecular formula is C30H33F2NO9. The number of carbonyl (C=O) groups excluding carboxylic acids is 3. The zero-order chi connectivity index (χ0) is 30.8. The van der Waals surface area contributed by atoms with Gasteiger partial charge in [0.05, 0.1) is 16.6 Å². The number of alkyl halides is 2. The summed E-state index contributed by atoms with van der Waals surface area (Å²) < 4.78 is 42.7. The van der Waals surface area contributed by atoms with Crippen molar-refractivity contribution in [2.24, 2.45) is 28.6 Å². The Morgan fingerprint density at radius 2 is 1.86 bits per heavy atom. The molecule has 0 heterocycles. The van der Waals surface area contributed by atoms with Crippen LogP contribution in [0.4, 0.5) is 19.3 Å². The van der Waals surface area contributed by atoms with Crippen molar-refractivity contribution in [1.82, 2.24) is 0 Å². The largest absolute Gasteiger partial charge is 0.509 e. The summed E-state index contributed by atoms with van der Waals surface area (Å²) in [4.78, 5) is 48.3. The number of Topliss-reactive ketones (excluding diaryl/α,β-unsaturated/α-hetero) is 1. The smallest absolute Gasteiger partial charge is 0.429 e. The SMILES string of the molecule is C[C@H]1C[C@H]2[C@@H]3C[C@H](F)C4=CC(=O)C=C[C@]4(C)C3(F)[C@@H](O)C[C@]2(C)[C@@]1(O)C(=O)COC(=O)OCc1ccccc1[N+](=O)[O-]. The molecule has 0 spiro atoms. The van der Waals surface area contributed by atoms with Gasteiger partial charge in [-0.2, -0.15) is 0 Å². The zero-order valence-electron chi connectivity index (χ0n) is 23.4. The summed E-state index contributed by atoms with van der Waals surface area (Å²) in [6.45, 7) is 3.24. The molecule has 226 valence electrons. The molecule has 1 aromatic carbocycles. The van der Waals surface area contributed by atoms with E-state index in [9.17, 15) is 34.7 Å². The number of carbonyl (C=O) groups is 3. The minimum absolute atomic E-state index is 0.0264. The molecule has 0 bridgehead atoms. The molecule has 5 rings (SSSR count). The van der Waals surface area contributed by atoms with Crippen LogP contribution in [-0.2, 0) is 25.7 Å². The molecule has 0 amide bonds. The summed E-state index contributed by atoms with van der Waals surface area (Å²) >= 11 is 0. The van der Waals surface area contributed by atoms with Gasteiger partial charge in [0.1, 0.15) is 18.4 Å². The second kappa shape index (κ2) is 10.0. The van der Waals surface area contributed by atoms with Crippen molar-refractivity contribution in [3.05, 3.63) is 63.7 Å². The molecule has 9 atom stereocenters. The summed E-state index contributed by atoms with van der Waals surface area (Å²) in [7, 11) is 0. The van der Waals surface area contributed by atoms with Gasteiger partial charge in [-0.1, -0.05) is 32.1 Å². The van der Waals surface area contributed by atoms with Gasteiger partial charge >= 0.3 is 6.16 Å². The van der Waals surface area contributed by atoms with Gasteiger partial charge in [0.2, 0.25) is 5.78 Å². The van der Waals surface area contributed by atoms with Crippen molar-refractivity contribution >= 4 is 23.4 Å². The fourth-order valence-corrected chi connectivity index (χ4v) is 8.36. The summed E-state index contributed by atoms with van der Waals surface area (Å²) in [6, 6.07) is 5.62. The van der Waals surface area contributed by atoms with E-state index in [0.717, 1.165) is 6.08 Å². The first-order chi connectivity index (χ1) is 19.6. The Morgan fingerprint density at radius 3 is 2.55 bits per heavy atom. The molecule has 10 nitrogen and oxygen atoms in total. The summed E-state index contributed by atoms with van der Waals surface area (Å²) in [5, 5.41) is 34.5. The van der Waals surface area contributed by atoms with Crippen LogP contribution in [0.1, 0.15) is 45.6 Å². The number of nitrogens with zero attached hydrogens (tertiary/aromatic N) is 1. The fourth-order valence-electron chi connectivity index (χ4n) is 8.36. The van der Waals surface area contributed by atoms with Crippen LogP contribution in [0.2, 0.25) is 0 Å². The maximum absolute atomic E-state index is 17.3. The summed E-state index contributed by atoms with van der Waals surface area (Å²) in [6.07, 6.45) is -1.60. The van der Waals surface area contributed by atoms with E-state index in [0.29, 0.717) is 0 Å². The Hall–Kier alpha value is -3.51. The Morgan fingerprint density at radius 1 is 1.17 bits per heavy atom. The lowest BCUT2D eigenvalue weighted by Crippen LogP contribution is -2.70. The second-order valence-corrected chi connectivity index (χ2v) is 12.4. The number of rotatable bonds is 6. The predicted molar refractivity (Wildman–Crippen MR) is 142 cm³/mol. The molecule has 42 heavy (non-hydrogen) atoms. The molecule has 1 aromatic rings. The number of ether oxygens (including phenoxy) is 2. The van der Waals surface area contributed by atoms with Crippen LogP contribution in [0, 0.1) is 38.7 Å². The van der Waals surface area contributed by atoms with Gasteiger partial charge < -0.3 is 19.7 Å². The number of allylic oxidation sites excluding steroid dienone is 4. The van der Waals surface area contributed by atoms with Gasteiger partial charge in [-0.3, -0.25) is 19.7 Å². The molecule has 3 fully saturated rings. The molecule has 0 aromatic heterocycles. The number of fused-ring (bicyclic) bond motifs is 5. The molecular weight excluding hydrogens is 556 g/mol. The number of benzene rings is 1. The van der Waals surface area contributed by atoms with E-state index < -0.39 is 88.0 Å². The van der Waals surface area contributed by atoms with E-state index in [1.54, 1.807) is 13.8 Å². The number of para-hydroxylation sites is 1. The topological polar surface area (TPSA) is 153 Å². The maximum atomic E-state index is 17.3. The highest BCUT2D eigenvalue weighted by Crippen LogP contribution is 2.71. The Kier molecular flexibility index (Phi) is 7.17. The minimum Gasteiger partial charge on any atom is -0.429 e. The average Bonchev–Trinajstić information content (AvgIpc) is 3.14. The van der Waals surface area contributed by atoms with E-state index in [-0.39, 0.29) is 36.1 Å². The van der Waals surface area contributed by atoms with Gasteiger partial charge in [-0.25, -0.2) is 13.6 Å². The molecule has 3 saturated carbocycles. The number of hydrogen-bond acceptors (Lipinski definition) is 9. The predicted octanol–water partition coefficient (Wildman–Crippen LogP) is 4.11. The van der Waals surface area contributed by atoms with Gasteiger partial charge in [0, 0.05) is 22.8 Å². The van der Waals surface area contributed by atoms with Crippen LogP contribution in [-0.4, -0.2) is 63.0 Å². The van der Waals surface area contributed by atoms with E-state index in [1.807, 2.05) is 0 Å². The van der Waals surface area contributed by atoms with Gasteiger partial charge in [0.25, 0.3) is 5.69 Å². The number of aliphatic hydroxyl groups is 2. The third-order valence-electron chi connectivity index (χ3n) is 10.5. The van der Waals surface area contributed by atoms with Gasteiger partial charge in [0.15, 0.2) is 18.1 Å². The van der Waals surface area contributed by atoms with Crippen LogP contribution < -0.4 is 0 Å². The van der Waals surface area contributed by atoms with Gasteiger partial charge in [-0.15, -0.1) is 0 Å². The van der Waals surface area contributed by atoms with Crippen molar-refractivity contribution in [1.29, 1.82) is 0 Å². The van der Waals surface area contributed by atoms with E-state index >= 15 is 8.78 Å². The standard InChI is InChI=1S/C30H33F2NO9/c1-16-10-19-20-12-22(31)21-11-18(34)8-9-27(21,2)29(20,32)24(35)13-28(19,3)30(16,38)25(36)15-42-26(37)41-14-17-6-4-5-7-23(17)33(39)40/h4-9,11,16,19-20,22,24,35,38H,10,12-15H2,1-3H3/t16-,19-,20-,22-,24-,27-,28-,29?,30-/m0/s1. The fraction of sp³-hybridized carbons (Fsp3) is 0.567. The highest BCUT2D eigenvalue weighted by atomic mass is 19.1. The van der Waals surface area contributed by atoms with Gasteiger partial charge in [-0.05, 0) is 61.8 Å². The van der Waals surface area contributed by atoms with Crippen molar-refractivity contribution in [3.63, 3.8) is 0 Å². The van der Waals surface area contributed by atoms with Crippen LogP contribution in [0.15, 0.2) is 48.1 Å². The highest BCUT2D eigenvalue weighted by molar-refractivity contribution is 6.01. The van der Waals surface area contributed by atoms with Crippen molar-refractivity contribution in [3.8, 4) is 0 Å². The first-order valence-electron chi connectivity index (χ1n) is 13.8. The van der Waals surface area contributed by atoms with Crippen LogP contribution in [0.5, 0.6) is 0 Å².